The summed E-state index contributed by atoms with van der Waals surface area (Å²) in [4.78, 5) is 23.1. The molecule has 140 valence electrons. The first-order valence-corrected chi connectivity index (χ1v) is 9.02. The lowest BCUT2D eigenvalue weighted by Gasteiger charge is -2.16. The molecule has 1 fully saturated rings. The van der Waals surface area contributed by atoms with Gasteiger partial charge in [-0.3, -0.25) is 10.3 Å². The van der Waals surface area contributed by atoms with Crippen molar-refractivity contribution in [1.29, 1.82) is 0 Å². The smallest absolute Gasteiger partial charge is 0.320 e. The van der Waals surface area contributed by atoms with Crippen molar-refractivity contribution in [2.45, 2.75) is 19.9 Å². The van der Waals surface area contributed by atoms with Crippen LogP contribution in [0.1, 0.15) is 12.6 Å². The second kappa shape index (κ2) is 6.96. The number of anilines is 1. The molecule has 0 radical (unpaired) electrons. The van der Waals surface area contributed by atoms with E-state index in [1.807, 2.05) is 29.8 Å². The zero-order valence-electron chi connectivity index (χ0n) is 15.7. The maximum absolute atomic E-state index is 12.3. The molecule has 1 aliphatic rings. The van der Waals surface area contributed by atoms with Crippen molar-refractivity contribution in [3.63, 3.8) is 0 Å². The fourth-order valence-corrected chi connectivity index (χ4v) is 3.58. The van der Waals surface area contributed by atoms with Crippen LogP contribution in [0.3, 0.4) is 0 Å². The first kappa shape index (κ1) is 17.4. The Labute approximate surface area is 157 Å². The number of fused-ring (bicyclic) bond motifs is 1. The van der Waals surface area contributed by atoms with Crippen LogP contribution in [-0.4, -0.2) is 56.9 Å². The summed E-state index contributed by atoms with van der Waals surface area (Å²) < 4.78 is 1.82. The molecular formula is C19H23N7O. The van der Waals surface area contributed by atoms with E-state index in [4.69, 9.17) is 0 Å². The van der Waals surface area contributed by atoms with Crippen molar-refractivity contribution < 1.29 is 4.79 Å². The van der Waals surface area contributed by atoms with Gasteiger partial charge in [0.25, 0.3) is 0 Å². The summed E-state index contributed by atoms with van der Waals surface area (Å²) in [5.74, 6) is 0.933. The van der Waals surface area contributed by atoms with Crippen molar-refractivity contribution in [3.8, 4) is 5.69 Å². The van der Waals surface area contributed by atoms with E-state index in [0.29, 0.717) is 11.7 Å². The van der Waals surface area contributed by atoms with Crippen molar-refractivity contribution in [1.82, 2.24) is 30.0 Å². The molecule has 0 saturated carbocycles. The number of hydrogen-bond acceptors (Lipinski definition) is 5. The molecule has 0 spiro atoms. The fourth-order valence-electron chi connectivity index (χ4n) is 3.58. The van der Waals surface area contributed by atoms with Crippen molar-refractivity contribution in [2.24, 2.45) is 5.92 Å². The van der Waals surface area contributed by atoms with Gasteiger partial charge in [0.2, 0.25) is 0 Å². The molecule has 2 atom stereocenters. The maximum atomic E-state index is 12.3. The quantitative estimate of drug-likeness (QED) is 0.743. The Morgan fingerprint density at radius 1 is 1.22 bits per heavy atom. The lowest BCUT2D eigenvalue weighted by molar-refractivity contribution is 0.246. The zero-order chi connectivity index (χ0) is 19.0. The van der Waals surface area contributed by atoms with E-state index in [-0.39, 0.29) is 12.1 Å². The minimum Gasteiger partial charge on any atom is -0.333 e. The Hall–Kier alpha value is -3.00. The van der Waals surface area contributed by atoms with Gasteiger partial charge < -0.3 is 10.2 Å². The van der Waals surface area contributed by atoms with Crippen LogP contribution in [0.2, 0.25) is 0 Å². The third kappa shape index (κ3) is 3.61. The number of nitrogens with zero attached hydrogens (tertiary/aromatic N) is 5. The molecule has 0 aromatic carbocycles. The summed E-state index contributed by atoms with van der Waals surface area (Å²) in [5, 5.41) is 11.2. The summed E-state index contributed by atoms with van der Waals surface area (Å²) in [5.41, 5.74) is 2.72. The predicted molar refractivity (Wildman–Crippen MR) is 104 cm³/mol. The van der Waals surface area contributed by atoms with Gasteiger partial charge in [0.05, 0.1) is 23.6 Å². The van der Waals surface area contributed by atoms with E-state index in [2.05, 4.69) is 44.6 Å². The van der Waals surface area contributed by atoms with Crippen LogP contribution in [0.25, 0.3) is 16.6 Å². The molecular weight excluding hydrogens is 342 g/mol. The summed E-state index contributed by atoms with van der Waals surface area (Å²) >= 11 is 0. The monoisotopic (exact) mass is 365 g/mol. The first-order chi connectivity index (χ1) is 13.0. The maximum Gasteiger partial charge on any atom is 0.320 e. The number of aryl methyl sites for hydroxylation is 1. The van der Waals surface area contributed by atoms with E-state index in [1.54, 1.807) is 18.6 Å². The molecule has 3 aromatic heterocycles. The SMILES string of the molecule is Cc1cc(-n2ncc3cc(NC(=O)NC4CN(C)C[C@@H]4C)ncc32)ccn1. The lowest BCUT2D eigenvalue weighted by atomic mass is 10.1. The second-order valence-electron chi connectivity index (χ2n) is 7.24. The highest BCUT2D eigenvalue weighted by Gasteiger charge is 2.28. The van der Waals surface area contributed by atoms with Gasteiger partial charge in [-0.1, -0.05) is 6.92 Å². The van der Waals surface area contributed by atoms with Gasteiger partial charge in [-0.2, -0.15) is 5.10 Å². The molecule has 4 heterocycles. The minimum absolute atomic E-state index is 0.149. The van der Waals surface area contributed by atoms with Crippen LogP contribution in [0.4, 0.5) is 10.6 Å². The average molecular weight is 365 g/mol. The Bertz CT molecular complexity index is 983. The predicted octanol–water partition coefficient (Wildman–Crippen LogP) is 2.20. The van der Waals surface area contributed by atoms with Crippen LogP contribution in [0.5, 0.6) is 0 Å². The van der Waals surface area contributed by atoms with E-state index in [0.717, 1.165) is 35.4 Å². The number of amides is 2. The standard InChI is InChI=1S/C19H23N7O/c1-12-10-25(3)11-16(12)23-19(27)24-18-7-14-8-22-26(17(14)9-21-18)15-4-5-20-13(2)6-15/h4-9,12,16H,10-11H2,1-3H3,(H2,21,23,24,27)/t12-,16?/m0/s1. The van der Waals surface area contributed by atoms with Crippen LogP contribution in [0.15, 0.2) is 36.8 Å². The highest BCUT2D eigenvalue weighted by Crippen LogP contribution is 2.20. The van der Waals surface area contributed by atoms with Crippen molar-refractivity contribution in [3.05, 3.63) is 42.5 Å². The van der Waals surface area contributed by atoms with Gasteiger partial charge in [-0.05, 0) is 38.1 Å². The third-order valence-corrected chi connectivity index (χ3v) is 4.93. The number of likely N-dealkylation sites (N-methyl/N-ethyl adjacent to an activating group) is 1. The molecule has 8 heteroatoms. The molecule has 1 aliphatic heterocycles. The number of aromatic nitrogens is 4. The lowest BCUT2D eigenvalue weighted by Crippen LogP contribution is -2.42. The highest BCUT2D eigenvalue weighted by atomic mass is 16.2. The topological polar surface area (TPSA) is 88.0 Å². The number of carbonyl (C=O) groups excluding carboxylic acids is 1. The molecule has 2 amide bonds. The molecule has 1 saturated heterocycles. The van der Waals surface area contributed by atoms with Crippen LogP contribution in [0, 0.1) is 12.8 Å². The van der Waals surface area contributed by atoms with Gasteiger partial charge in [0, 0.05) is 36.4 Å². The number of carbonyl (C=O) groups is 1. The van der Waals surface area contributed by atoms with Crippen LogP contribution >= 0.6 is 0 Å². The van der Waals surface area contributed by atoms with Crippen molar-refractivity contribution in [2.75, 3.05) is 25.5 Å². The summed E-state index contributed by atoms with van der Waals surface area (Å²) in [6, 6.07) is 5.61. The molecule has 4 rings (SSSR count). The fraction of sp³-hybridized carbons (Fsp3) is 0.368. The molecule has 0 bridgehead atoms. The second-order valence-corrected chi connectivity index (χ2v) is 7.24. The minimum atomic E-state index is -0.230. The Kier molecular flexibility index (Phi) is 4.49. The Morgan fingerprint density at radius 2 is 2.07 bits per heavy atom. The average Bonchev–Trinajstić information content (AvgIpc) is 3.17. The number of likely N-dealkylation sites (tertiary alicyclic amines) is 1. The Balaban J connectivity index is 1.50. The van der Waals surface area contributed by atoms with E-state index in [9.17, 15) is 4.79 Å². The zero-order valence-corrected chi connectivity index (χ0v) is 15.7. The number of pyridine rings is 2. The highest BCUT2D eigenvalue weighted by molar-refractivity contribution is 5.91. The summed E-state index contributed by atoms with van der Waals surface area (Å²) in [6.07, 6.45) is 5.25. The van der Waals surface area contributed by atoms with E-state index >= 15 is 0 Å². The van der Waals surface area contributed by atoms with Gasteiger partial charge in [0.1, 0.15) is 5.82 Å². The molecule has 0 aliphatic carbocycles. The van der Waals surface area contributed by atoms with Gasteiger partial charge in [-0.15, -0.1) is 0 Å². The van der Waals surface area contributed by atoms with Crippen molar-refractivity contribution >= 4 is 22.8 Å². The molecule has 3 aromatic rings. The Morgan fingerprint density at radius 3 is 2.81 bits per heavy atom. The van der Waals surface area contributed by atoms with Gasteiger partial charge >= 0.3 is 6.03 Å². The third-order valence-electron chi connectivity index (χ3n) is 4.93. The van der Waals surface area contributed by atoms with Crippen LogP contribution in [-0.2, 0) is 0 Å². The number of nitrogens with one attached hydrogen (secondary N) is 2. The molecule has 27 heavy (non-hydrogen) atoms. The molecule has 8 nitrogen and oxygen atoms in total. The van der Waals surface area contributed by atoms with Gasteiger partial charge in [0.15, 0.2) is 0 Å². The van der Waals surface area contributed by atoms with E-state index in [1.165, 1.54) is 0 Å². The molecule has 1 unspecified atom stereocenters. The van der Waals surface area contributed by atoms with Gasteiger partial charge in [-0.25, -0.2) is 14.5 Å². The molecule has 2 N–H and O–H groups in total. The van der Waals surface area contributed by atoms with Crippen LogP contribution < -0.4 is 10.6 Å². The van der Waals surface area contributed by atoms with E-state index < -0.39 is 0 Å². The summed E-state index contributed by atoms with van der Waals surface area (Å²) in [7, 11) is 2.06. The number of hydrogen-bond donors (Lipinski definition) is 2. The normalized spacial score (nSPS) is 20.1. The first-order valence-electron chi connectivity index (χ1n) is 9.02. The number of urea groups is 1. The summed E-state index contributed by atoms with van der Waals surface area (Å²) in [6.45, 7) is 5.94. The largest absolute Gasteiger partial charge is 0.333 e. The number of rotatable bonds is 3.